The van der Waals surface area contributed by atoms with Crippen molar-refractivity contribution in [2.24, 2.45) is 5.41 Å². The van der Waals surface area contributed by atoms with Gasteiger partial charge in [0.05, 0.1) is 18.2 Å². The van der Waals surface area contributed by atoms with Gasteiger partial charge < -0.3 is 9.79 Å². The average molecular weight is 523 g/mol. The summed E-state index contributed by atoms with van der Waals surface area (Å²) in [5.74, 6) is -6.61. The molecule has 0 radical (unpaired) electrons. The van der Waals surface area contributed by atoms with Crippen LogP contribution in [0.3, 0.4) is 0 Å². The summed E-state index contributed by atoms with van der Waals surface area (Å²) < 4.78 is 79.6. The third kappa shape index (κ3) is 3.56. The first-order valence-electron chi connectivity index (χ1n) is 10.7. The molecule has 3 fully saturated rings. The normalized spacial score (nSPS) is 24.8. The summed E-state index contributed by atoms with van der Waals surface area (Å²) >= 11 is 0. The molecular formula is C22H18F4N5O4P. The van der Waals surface area contributed by atoms with E-state index in [9.17, 15) is 18.7 Å². The van der Waals surface area contributed by atoms with Crippen LogP contribution >= 0.6 is 7.82 Å². The Labute approximate surface area is 201 Å². The Morgan fingerprint density at radius 1 is 1.14 bits per heavy atom. The molecule has 188 valence electrons. The number of phosphoric ester groups is 1. The quantitative estimate of drug-likeness (QED) is 0.338. The second-order valence-corrected chi connectivity index (χ2v) is 10.6. The highest BCUT2D eigenvalue weighted by atomic mass is 31.2. The lowest BCUT2D eigenvalue weighted by atomic mass is 9.30. The van der Waals surface area contributed by atoms with Gasteiger partial charge in [-0.1, -0.05) is 12.1 Å². The van der Waals surface area contributed by atoms with Gasteiger partial charge in [-0.15, -0.1) is 5.10 Å². The van der Waals surface area contributed by atoms with Gasteiger partial charge in [0, 0.05) is 17.0 Å². The number of nitriles is 1. The molecule has 0 amide bonds. The number of rotatable bonds is 8. The zero-order valence-electron chi connectivity index (χ0n) is 18.4. The molecule has 1 unspecified atom stereocenters. The van der Waals surface area contributed by atoms with E-state index in [0.717, 1.165) is 16.6 Å². The van der Waals surface area contributed by atoms with Crippen LogP contribution in [-0.4, -0.2) is 35.9 Å². The van der Waals surface area contributed by atoms with Gasteiger partial charge in [0.25, 0.3) is 5.92 Å². The van der Waals surface area contributed by atoms with E-state index in [1.165, 1.54) is 0 Å². The summed E-state index contributed by atoms with van der Waals surface area (Å²) in [5.41, 5.74) is -5.49. The van der Waals surface area contributed by atoms with Gasteiger partial charge in [-0.2, -0.15) is 5.26 Å². The van der Waals surface area contributed by atoms with Crippen LogP contribution < -0.4 is 0 Å². The lowest BCUT2D eigenvalue weighted by molar-refractivity contribution is -0.343. The molecule has 6 rings (SSSR count). The van der Waals surface area contributed by atoms with Crippen LogP contribution in [0.15, 0.2) is 48.8 Å². The second-order valence-electron chi connectivity index (χ2n) is 9.39. The Hall–Kier alpha value is -3.17. The van der Waals surface area contributed by atoms with Crippen molar-refractivity contribution in [3.8, 4) is 6.07 Å². The lowest BCUT2D eigenvalue weighted by Crippen LogP contribution is -2.76. The maximum Gasteiger partial charge on any atom is 0.470 e. The van der Waals surface area contributed by atoms with Gasteiger partial charge in [0.15, 0.2) is 5.60 Å². The topological polar surface area (TPSA) is 134 Å². The van der Waals surface area contributed by atoms with E-state index in [-0.39, 0.29) is 19.3 Å². The molecule has 0 aliphatic heterocycles. The maximum absolute atomic E-state index is 16.6. The number of hydrogen-bond acceptors (Lipinski definition) is 6. The van der Waals surface area contributed by atoms with Crippen molar-refractivity contribution in [2.45, 2.75) is 42.7 Å². The molecule has 1 aromatic heterocycles. The monoisotopic (exact) mass is 523 g/mol. The Morgan fingerprint density at radius 2 is 1.81 bits per heavy atom. The number of benzene rings is 2. The van der Waals surface area contributed by atoms with E-state index < -0.39 is 53.9 Å². The third-order valence-corrected chi connectivity index (χ3v) is 7.80. The molecule has 3 saturated carbocycles. The maximum atomic E-state index is 16.6. The van der Waals surface area contributed by atoms with Gasteiger partial charge in [-0.25, -0.2) is 26.8 Å². The number of hydrogen-bond donors (Lipinski definition) is 2. The van der Waals surface area contributed by atoms with E-state index in [1.807, 2.05) is 6.07 Å². The van der Waals surface area contributed by atoms with Gasteiger partial charge in [-0.3, -0.25) is 4.52 Å². The molecule has 0 saturated heterocycles. The smallest absolute Gasteiger partial charge is 0.303 e. The molecule has 9 nitrogen and oxygen atoms in total. The highest BCUT2D eigenvalue weighted by Crippen LogP contribution is 2.81. The van der Waals surface area contributed by atoms with Crippen molar-refractivity contribution < 1.29 is 36.4 Å². The first kappa shape index (κ1) is 24.5. The summed E-state index contributed by atoms with van der Waals surface area (Å²) in [6.45, 7) is -1.06. The van der Waals surface area contributed by atoms with Gasteiger partial charge in [0.2, 0.25) is 0 Å². The predicted molar refractivity (Wildman–Crippen MR) is 113 cm³/mol. The van der Waals surface area contributed by atoms with Crippen molar-refractivity contribution in [2.75, 3.05) is 0 Å². The third-order valence-electron chi connectivity index (χ3n) is 7.25. The van der Waals surface area contributed by atoms with Crippen molar-refractivity contribution in [3.05, 3.63) is 77.1 Å². The first-order valence-corrected chi connectivity index (χ1v) is 12.2. The van der Waals surface area contributed by atoms with Gasteiger partial charge in [-0.05, 0) is 64.9 Å². The first-order chi connectivity index (χ1) is 16.9. The highest BCUT2D eigenvalue weighted by molar-refractivity contribution is 7.46. The van der Waals surface area contributed by atoms with Crippen molar-refractivity contribution in [3.63, 3.8) is 0 Å². The largest absolute Gasteiger partial charge is 0.470 e. The molecule has 3 aliphatic rings. The van der Waals surface area contributed by atoms with Crippen LogP contribution in [0.2, 0.25) is 0 Å². The van der Waals surface area contributed by atoms with Crippen molar-refractivity contribution in [1.29, 1.82) is 5.26 Å². The highest BCUT2D eigenvalue weighted by Gasteiger charge is 2.83. The molecule has 2 bridgehead atoms. The van der Waals surface area contributed by atoms with E-state index in [0.29, 0.717) is 23.8 Å². The molecular weight excluding hydrogens is 505 g/mol. The average Bonchev–Trinajstić information content (AvgIpc) is 3.23. The van der Waals surface area contributed by atoms with Gasteiger partial charge in [0.1, 0.15) is 18.0 Å². The summed E-state index contributed by atoms with van der Waals surface area (Å²) in [5, 5.41) is 19.2. The SMILES string of the molecule is N#Cc1ccc(C23CC(C(F)(F)C(Cn4cnnn4)(OP(=O)(O)O)c4ccc(F)cc4F)(C2)C3)cc1. The van der Waals surface area contributed by atoms with Crippen molar-refractivity contribution >= 4 is 7.82 Å². The Bertz CT molecular complexity index is 1390. The summed E-state index contributed by atoms with van der Waals surface area (Å²) in [6.07, 6.45) is 0.673. The molecule has 2 N–H and O–H groups in total. The van der Waals surface area contributed by atoms with Crippen LogP contribution in [0.25, 0.3) is 0 Å². The number of halogens is 4. The van der Waals surface area contributed by atoms with Crippen LogP contribution in [0.4, 0.5) is 17.6 Å². The number of nitrogens with zero attached hydrogens (tertiary/aromatic N) is 5. The Kier molecular flexibility index (Phi) is 5.39. The van der Waals surface area contributed by atoms with E-state index in [4.69, 9.17) is 9.79 Å². The minimum absolute atomic E-state index is 0.0798. The molecule has 3 aromatic rings. The zero-order chi connectivity index (χ0) is 26.0. The Morgan fingerprint density at radius 3 is 2.33 bits per heavy atom. The second kappa shape index (κ2) is 7.91. The van der Waals surface area contributed by atoms with E-state index >= 15 is 13.2 Å². The fraction of sp³-hybridized carbons (Fsp3) is 0.364. The van der Waals surface area contributed by atoms with Crippen LogP contribution in [0.1, 0.15) is 36.0 Å². The van der Waals surface area contributed by atoms with E-state index in [1.54, 1.807) is 24.3 Å². The van der Waals surface area contributed by atoms with Crippen LogP contribution in [0, 0.1) is 28.4 Å². The lowest BCUT2D eigenvalue weighted by Gasteiger charge is -2.74. The molecule has 1 atom stereocenters. The standard InChI is InChI=1S/C22H18F4N5O4P/c23-16-5-6-17(18(24)7-16)21(35-36(32,33)34,12-31-13-28-29-30-31)22(25,26)20-9-19(10-20,11-20)15-3-1-14(8-27)2-4-15/h1-7,13H,9-12H2,(H2,32,33,34). The number of phosphoric acid groups is 1. The fourth-order valence-corrected chi connectivity index (χ4v) is 6.42. The summed E-state index contributed by atoms with van der Waals surface area (Å²) in [4.78, 5) is 19.3. The molecule has 1 heterocycles. The molecule has 36 heavy (non-hydrogen) atoms. The van der Waals surface area contributed by atoms with Crippen LogP contribution in [0.5, 0.6) is 0 Å². The van der Waals surface area contributed by atoms with Gasteiger partial charge >= 0.3 is 7.82 Å². The summed E-state index contributed by atoms with van der Waals surface area (Å²) in [7, 11) is -5.67. The minimum Gasteiger partial charge on any atom is -0.303 e. The Balaban J connectivity index is 1.60. The number of alkyl halides is 2. The predicted octanol–water partition coefficient (Wildman–Crippen LogP) is 3.58. The molecule has 2 aromatic carbocycles. The number of aromatic nitrogens is 4. The summed E-state index contributed by atoms with van der Waals surface area (Å²) in [6, 6.07) is 10.2. The number of tetrazole rings is 1. The molecule has 0 spiro atoms. The van der Waals surface area contributed by atoms with E-state index in [2.05, 4.69) is 15.5 Å². The molecule has 3 aliphatic carbocycles. The van der Waals surface area contributed by atoms with Crippen molar-refractivity contribution in [1.82, 2.24) is 20.2 Å². The minimum atomic E-state index is -5.67. The zero-order valence-corrected chi connectivity index (χ0v) is 19.2. The van der Waals surface area contributed by atoms with Crippen LogP contribution in [-0.2, 0) is 26.6 Å². The fourth-order valence-electron chi connectivity index (χ4n) is 5.74. The molecule has 14 heteroatoms.